The Bertz CT molecular complexity index is 732. The molecule has 112 valence electrons. The fourth-order valence-corrected chi connectivity index (χ4v) is 3.76. The molecule has 0 amide bonds. The van der Waals surface area contributed by atoms with Gasteiger partial charge in [0.2, 0.25) is 10.0 Å². The van der Waals surface area contributed by atoms with Crippen LogP contribution in [0.1, 0.15) is 12.5 Å². The van der Waals surface area contributed by atoms with Crippen molar-refractivity contribution < 1.29 is 12.8 Å². The Hall–Kier alpha value is -2.08. The average Bonchev–Trinajstić information content (AvgIpc) is 2.44. The lowest BCUT2D eigenvalue weighted by Crippen LogP contribution is -2.32. The van der Waals surface area contributed by atoms with E-state index >= 15 is 0 Å². The fraction of sp³-hybridized carbons (Fsp3) is 0.200. The Balaban J connectivity index is 2.38. The first-order valence-electron chi connectivity index (χ1n) is 6.54. The van der Waals surface area contributed by atoms with Crippen LogP contribution in [-0.4, -0.2) is 15.0 Å². The van der Waals surface area contributed by atoms with Gasteiger partial charge in [-0.05, 0) is 30.7 Å². The fourth-order valence-electron chi connectivity index (χ4n) is 2.11. The van der Waals surface area contributed by atoms with Gasteiger partial charge >= 0.3 is 0 Å². The molecule has 0 saturated heterocycles. The predicted molar refractivity (Wildman–Crippen MR) is 82.9 cm³/mol. The highest BCUT2D eigenvalue weighted by Crippen LogP contribution is 2.24. The van der Waals surface area contributed by atoms with Crippen molar-refractivity contribution in [3.8, 4) is 0 Å². The van der Waals surface area contributed by atoms with Gasteiger partial charge in [-0.3, -0.25) is 4.31 Å². The van der Waals surface area contributed by atoms with E-state index in [-0.39, 0.29) is 18.0 Å². The maximum atomic E-state index is 13.8. The number of benzene rings is 2. The van der Waals surface area contributed by atoms with Crippen LogP contribution in [0.2, 0.25) is 0 Å². The minimum atomic E-state index is -3.71. The van der Waals surface area contributed by atoms with Crippen molar-refractivity contribution in [3.63, 3.8) is 0 Å². The first-order valence-corrected chi connectivity index (χ1v) is 8.15. The number of nitrogen functional groups attached to an aromatic ring is 1. The van der Waals surface area contributed by atoms with Crippen LogP contribution in [0, 0.1) is 5.82 Å². The summed E-state index contributed by atoms with van der Waals surface area (Å²) in [6.07, 6.45) is 0. The normalized spacial score (nSPS) is 11.3. The minimum absolute atomic E-state index is 0.0505. The third-order valence-corrected chi connectivity index (χ3v) is 4.94. The summed E-state index contributed by atoms with van der Waals surface area (Å²) in [6, 6.07) is 12.6. The van der Waals surface area contributed by atoms with Gasteiger partial charge in [0.15, 0.2) is 0 Å². The molecule has 0 fully saturated rings. The molecule has 0 aliphatic heterocycles. The maximum Gasteiger partial charge on any atom is 0.239 e. The number of para-hydroxylation sites is 2. The summed E-state index contributed by atoms with van der Waals surface area (Å²) in [5.74, 6) is -0.828. The number of hydrogen-bond acceptors (Lipinski definition) is 3. The van der Waals surface area contributed by atoms with Crippen LogP contribution in [0.3, 0.4) is 0 Å². The Morgan fingerprint density at radius 2 is 1.71 bits per heavy atom. The van der Waals surface area contributed by atoms with Crippen LogP contribution in [0.4, 0.5) is 15.8 Å². The molecule has 0 aromatic heterocycles. The summed E-state index contributed by atoms with van der Waals surface area (Å²) in [6.45, 7) is 1.81. The van der Waals surface area contributed by atoms with E-state index in [4.69, 9.17) is 5.73 Å². The van der Waals surface area contributed by atoms with Gasteiger partial charge in [0.25, 0.3) is 0 Å². The number of anilines is 2. The lowest BCUT2D eigenvalue weighted by Gasteiger charge is -2.23. The van der Waals surface area contributed by atoms with Gasteiger partial charge in [-0.2, -0.15) is 0 Å². The maximum absolute atomic E-state index is 13.8. The van der Waals surface area contributed by atoms with Crippen LogP contribution in [0.5, 0.6) is 0 Å². The van der Waals surface area contributed by atoms with Crippen LogP contribution in [0.15, 0.2) is 48.5 Å². The molecule has 0 atom stereocenters. The first kappa shape index (κ1) is 15.3. The van der Waals surface area contributed by atoms with Gasteiger partial charge in [0, 0.05) is 12.2 Å². The van der Waals surface area contributed by atoms with Crippen molar-refractivity contribution in [1.29, 1.82) is 0 Å². The second kappa shape index (κ2) is 6.13. The van der Waals surface area contributed by atoms with Gasteiger partial charge in [0.05, 0.1) is 11.4 Å². The van der Waals surface area contributed by atoms with E-state index in [0.29, 0.717) is 11.3 Å². The van der Waals surface area contributed by atoms with Crippen molar-refractivity contribution >= 4 is 21.4 Å². The molecule has 0 aliphatic rings. The van der Waals surface area contributed by atoms with E-state index in [9.17, 15) is 12.8 Å². The summed E-state index contributed by atoms with van der Waals surface area (Å²) in [4.78, 5) is 0. The molecule has 0 heterocycles. The van der Waals surface area contributed by atoms with Crippen LogP contribution < -0.4 is 10.0 Å². The number of halogens is 1. The van der Waals surface area contributed by atoms with E-state index in [1.807, 2.05) is 0 Å². The van der Waals surface area contributed by atoms with Crippen molar-refractivity contribution in [1.82, 2.24) is 0 Å². The minimum Gasteiger partial charge on any atom is -0.398 e. The molecule has 0 spiro atoms. The highest BCUT2D eigenvalue weighted by Gasteiger charge is 2.24. The van der Waals surface area contributed by atoms with E-state index in [2.05, 4.69) is 0 Å². The Morgan fingerprint density at radius 1 is 1.10 bits per heavy atom. The van der Waals surface area contributed by atoms with Crippen molar-refractivity contribution in [3.05, 3.63) is 59.9 Å². The van der Waals surface area contributed by atoms with Crippen molar-refractivity contribution in [2.24, 2.45) is 0 Å². The smallest absolute Gasteiger partial charge is 0.239 e. The van der Waals surface area contributed by atoms with Crippen molar-refractivity contribution in [2.75, 3.05) is 16.6 Å². The van der Waals surface area contributed by atoms with Crippen LogP contribution in [-0.2, 0) is 15.8 Å². The zero-order chi connectivity index (χ0) is 15.5. The lowest BCUT2D eigenvalue weighted by atomic mass is 10.2. The predicted octanol–water partition coefficient (Wildman–Crippen LogP) is 2.76. The summed E-state index contributed by atoms with van der Waals surface area (Å²) >= 11 is 0. The van der Waals surface area contributed by atoms with Crippen molar-refractivity contribution in [2.45, 2.75) is 12.7 Å². The summed E-state index contributed by atoms with van der Waals surface area (Å²) in [5.41, 5.74) is 6.75. The second-order valence-corrected chi connectivity index (χ2v) is 6.46. The molecule has 6 heteroatoms. The van der Waals surface area contributed by atoms with Gasteiger partial charge in [-0.25, -0.2) is 12.8 Å². The molecule has 0 unspecified atom stereocenters. The third kappa shape index (κ3) is 3.33. The van der Waals surface area contributed by atoms with E-state index in [1.165, 1.54) is 18.2 Å². The molecular weight excluding hydrogens is 291 g/mol. The first-order chi connectivity index (χ1) is 9.95. The Labute approximate surface area is 124 Å². The molecule has 0 radical (unpaired) electrons. The number of nitrogens with two attached hydrogens (primary N) is 1. The molecule has 2 aromatic rings. The van der Waals surface area contributed by atoms with Crippen LogP contribution in [0.25, 0.3) is 0 Å². The van der Waals surface area contributed by atoms with E-state index in [0.717, 1.165) is 4.31 Å². The van der Waals surface area contributed by atoms with Gasteiger partial charge in [0.1, 0.15) is 5.82 Å². The number of nitrogens with zero attached hydrogens (tertiary/aromatic N) is 1. The largest absolute Gasteiger partial charge is 0.398 e. The molecule has 4 nitrogen and oxygen atoms in total. The Kier molecular flexibility index (Phi) is 4.47. The van der Waals surface area contributed by atoms with Crippen LogP contribution >= 0.6 is 0 Å². The third-order valence-electron chi connectivity index (χ3n) is 3.14. The second-order valence-electron chi connectivity index (χ2n) is 4.57. The quantitative estimate of drug-likeness (QED) is 0.864. The lowest BCUT2D eigenvalue weighted by molar-refractivity contribution is 0.585. The molecular formula is C15H17FN2O2S. The van der Waals surface area contributed by atoms with Gasteiger partial charge < -0.3 is 5.73 Å². The van der Waals surface area contributed by atoms with E-state index < -0.39 is 15.8 Å². The zero-order valence-corrected chi connectivity index (χ0v) is 12.5. The Morgan fingerprint density at radius 3 is 2.33 bits per heavy atom. The summed E-state index contributed by atoms with van der Waals surface area (Å²) in [5, 5.41) is 0. The van der Waals surface area contributed by atoms with Gasteiger partial charge in [-0.15, -0.1) is 0 Å². The molecule has 2 aromatic carbocycles. The average molecular weight is 308 g/mol. The topological polar surface area (TPSA) is 63.4 Å². The zero-order valence-electron chi connectivity index (χ0n) is 11.7. The standard InChI is InChI=1S/C15H17FN2O2S/c1-2-18(15-10-6-4-8-13(15)16)21(19,20)11-12-7-3-5-9-14(12)17/h3-10H,2,11,17H2,1H3. The number of sulfonamides is 1. The summed E-state index contributed by atoms with van der Waals surface area (Å²) in [7, 11) is -3.71. The SMILES string of the molecule is CCN(c1ccccc1F)S(=O)(=O)Cc1ccccc1N. The highest BCUT2D eigenvalue weighted by molar-refractivity contribution is 7.92. The molecule has 2 rings (SSSR count). The molecule has 0 aliphatic carbocycles. The molecule has 0 bridgehead atoms. The molecule has 2 N–H and O–H groups in total. The molecule has 0 saturated carbocycles. The molecule has 21 heavy (non-hydrogen) atoms. The number of hydrogen-bond donors (Lipinski definition) is 1. The number of rotatable bonds is 5. The monoisotopic (exact) mass is 308 g/mol. The van der Waals surface area contributed by atoms with E-state index in [1.54, 1.807) is 37.3 Å². The highest BCUT2D eigenvalue weighted by atomic mass is 32.2. The van der Waals surface area contributed by atoms with Gasteiger partial charge in [-0.1, -0.05) is 30.3 Å². The summed E-state index contributed by atoms with van der Waals surface area (Å²) < 4.78 is 40.0.